The van der Waals surface area contributed by atoms with Crippen LogP contribution < -0.4 is 4.72 Å². The van der Waals surface area contributed by atoms with Gasteiger partial charge in [0.15, 0.2) is 0 Å². The number of nitrogens with one attached hydrogen (secondary N) is 1. The summed E-state index contributed by atoms with van der Waals surface area (Å²) in [4.78, 5) is 12.0. The van der Waals surface area contributed by atoms with E-state index in [4.69, 9.17) is 9.15 Å². The van der Waals surface area contributed by atoms with Gasteiger partial charge in [-0.05, 0) is 31.5 Å². The number of carbonyl (C=O) groups is 1. The van der Waals surface area contributed by atoms with E-state index in [-0.39, 0.29) is 5.75 Å². The van der Waals surface area contributed by atoms with E-state index < -0.39 is 16.0 Å². The fraction of sp³-hybridized carbons (Fsp3) is 0.400. The van der Waals surface area contributed by atoms with Crippen molar-refractivity contribution in [1.82, 2.24) is 0 Å². The van der Waals surface area contributed by atoms with Gasteiger partial charge in [-0.1, -0.05) is 6.92 Å². The lowest BCUT2D eigenvalue weighted by atomic mass is 10.1. The van der Waals surface area contributed by atoms with E-state index in [0.717, 1.165) is 5.56 Å². The van der Waals surface area contributed by atoms with Crippen LogP contribution in [-0.4, -0.2) is 27.2 Å². The Hall–Kier alpha value is -2.02. The first-order valence-electron chi connectivity index (χ1n) is 6.97. The Morgan fingerprint density at radius 3 is 2.55 bits per heavy atom. The van der Waals surface area contributed by atoms with E-state index in [1.165, 1.54) is 7.11 Å². The van der Waals surface area contributed by atoms with E-state index in [1.807, 2.05) is 6.92 Å². The molecule has 0 spiro atoms. The van der Waals surface area contributed by atoms with E-state index in [1.54, 1.807) is 26.0 Å². The number of esters is 1. The first-order chi connectivity index (χ1) is 10.3. The van der Waals surface area contributed by atoms with E-state index in [2.05, 4.69) is 4.72 Å². The molecule has 1 heterocycles. The van der Waals surface area contributed by atoms with Gasteiger partial charge in [0.1, 0.15) is 16.9 Å². The minimum Gasteiger partial charge on any atom is -0.465 e. The number of sulfonamides is 1. The average molecular weight is 325 g/mol. The fourth-order valence-corrected chi connectivity index (χ4v) is 2.92. The Balaban J connectivity index is 2.67. The molecule has 0 fully saturated rings. The number of furan rings is 1. The van der Waals surface area contributed by atoms with Crippen molar-refractivity contribution >= 4 is 32.6 Å². The molecule has 0 aliphatic heterocycles. The minimum absolute atomic E-state index is 0.0278. The molecule has 0 unspecified atom stereocenters. The van der Waals surface area contributed by atoms with Crippen molar-refractivity contribution in [3.8, 4) is 0 Å². The third kappa shape index (κ3) is 2.94. The van der Waals surface area contributed by atoms with Gasteiger partial charge in [-0.3, -0.25) is 4.72 Å². The second kappa shape index (κ2) is 6.00. The molecule has 1 N–H and O–H groups in total. The van der Waals surface area contributed by atoms with Gasteiger partial charge in [-0.15, -0.1) is 0 Å². The number of carbonyl (C=O) groups excluding carboxylic acids is 1. The molecule has 7 heteroatoms. The molecule has 6 nitrogen and oxygen atoms in total. The molecule has 0 aliphatic rings. The molecule has 120 valence electrons. The second-order valence-electron chi connectivity index (χ2n) is 4.91. The molecular weight excluding hydrogens is 306 g/mol. The lowest BCUT2D eigenvalue weighted by Gasteiger charge is -2.09. The molecule has 0 bridgehead atoms. The van der Waals surface area contributed by atoms with Gasteiger partial charge in [0, 0.05) is 11.8 Å². The Labute approximate surface area is 129 Å². The zero-order valence-corrected chi connectivity index (χ0v) is 13.8. The van der Waals surface area contributed by atoms with E-state index >= 15 is 0 Å². The highest BCUT2D eigenvalue weighted by Gasteiger charge is 2.22. The summed E-state index contributed by atoms with van der Waals surface area (Å²) >= 11 is 0. The Bertz CT molecular complexity index is 820. The molecule has 0 radical (unpaired) electrons. The van der Waals surface area contributed by atoms with Gasteiger partial charge in [0.2, 0.25) is 10.0 Å². The number of aryl methyl sites for hydroxylation is 2. The summed E-state index contributed by atoms with van der Waals surface area (Å²) in [5.41, 5.74) is 2.03. The Kier molecular flexibility index (Phi) is 4.46. The molecule has 2 rings (SSSR count). The quantitative estimate of drug-likeness (QED) is 0.854. The van der Waals surface area contributed by atoms with Crippen LogP contribution in [0.15, 0.2) is 16.5 Å². The van der Waals surface area contributed by atoms with Gasteiger partial charge in [0.25, 0.3) is 0 Å². The van der Waals surface area contributed by atoms with Crippen LogP contribution in [-0.2, 0) is 21.2 Å². The van der Waals surface area contributed by atoms with Crippen LogP contribution in [0, 0.1) is 6.92 Å². The zero-order valence-electron chi connectivity index (χ0n) is 13.0. The Morgan fingerprint density at radius 1 is 1.32 bits per heavy atom. The number of hydrogen-bond acceptors (Lipinski definition) is 5. The number of fused-ring (bicyclic) bond motifs is 1. The molecule has 0 atom stereocenters. The SMILES string of the molecule is CCc1oc2cc(C)c(NS(=O)(=O)CC)cc2c1C(=O)OC. The molecule has 0 saturated carbocycles. The number of rotatable bonds is 5. The summed E-state index contributed by atoms with van der Waals surface area (Å²) in [6, 6.07) is 3.33. The highest BCUT2D eigenvalue weighted by molar-refractivity contribution is 7.92. The zero-order chi connectivity index (χ0) is 16.5. The number of ether oxygens (including phenoxy) is 1. The van der Waals surface area contributed by atoms with E-state index in [0.29, 0.717) is 34.4 Å². The van der Waals surface area contributed by atoms with Gasteiger partial charge in [-0.25, -0.2) is 13.2 Å². The van der Waals surface area contributed by atoms with Crippen molar-refractivity contribution in [2.24, 2.45) is 0 Å². The van der Waals surface area contributed by atoms with Crippen molar-refractivity contribution in [3.05, 3.63) is 29.0 Å². The van der Waals surface area contributed by atoms with Crippen LogP contribution in [0.4, 0.5) is 5.69 Å². The first kappa shape index (κ1) is 16.4. The first-order valence-corrected chi connectivity index (χ1v) is 8.63. The highest BCUT2D eigenvalue weighted by Crippen LogP contribution is 2.32. The third-order valence-corrected chi connectivity index (χ3v) is 4.76. The van der Waals surface area contributed by atoms with Crippen molar-refractivity contribution in [2.75, 3.05) is 17.6 Å². The minimum atomic E-state index is -3.40. The van der Waals surface area contributed by atoms with Gasteiger partial charge < -0.3 is 9.15 Å². The summed E-state index contributed by atoms with van der Waals surface area (Å²) in [7, 11) is -2.10. The lowest BCUT2D eigenvalue weighted by Crippen LogP contribution is -2.15. The molecule has 0 amide bonds. The maximum atomic E-state index is 12.0. The van der Waals surface area contributed by atoms with Crippen LogP contribution in [0.1, 0.15) is 35.5 Å². The van der Waals surface area contributed by atoms with Gasteiger partial charge in [0.05, 0.1) is 18.6 Å². The van der Waals surface area contributed by atoms with Gasteiger partial charge in [-0.2, -0.15) is 0 Å². The summed E-state index contributed by atoms with van der Waals surface area (Å²) in [5, 5.41) is 0.545. The molecule has 2 aromatic rings. The molecule has 0 aliphatic carbocycles. The maximum absolute atomic E-state index is 12.0. The fourth-order valence-electron chi connectivity index (χ4n) is 2.22. The predicted octanol–water partition coefficient (Wildman–Crippen LogP) is 2.85. The van der Waals surface area contributed by atoms with Crippen LogP contribution >= 0.6 is 0 Å². The summed E-state index contributed by atoms with van der Waals surface area (Å²) in [6.07, 6.45) is 0.536. The number of hydrogen-bond donors (Lipinski definition) is 1. The summed E-state index contributed by atoms with van der Waals surface area (Å²) in [5.74, 6) is 0.000397. The topological polar surface area (TPSA) is 85.6 Å². The smallest absolute Gasteiger partial charge is 0.342 e. The molecular formula is C15H19NO5S. The largest absolute Gasteiger partial charge is 0.465 e. The van der Waals surface area contributed by atoms with Crippen LogP contribution in [0.25, 0.3) is 11.0 Å². The number of benzene rings is 1. The monoisotopic (exact) mass is 325 g/mol. The highest BCUT2D eigenvalue weighted by atomic mass is 32.2. The van der Waals surface area contributed by atoms with E-state index in [9.17, 15) is 13.2 Å². The summed E-state index contributed by atoms with van der Waals surface area (Å²) < 4.78 is 36.5. The molecule has 1 aromatic carbocycles. The number of methoxy groups -OCH3 is 1. The normalized spacial score (nSPS) is 11.6. The van der Waals surface area contributed by atoms with Crippen LogP contribution in [0.5, 0.6) is 0 Å². The predicted molar refractivity (Wildman–Crippen MR) is 84.8 cm³/mol. The number of anilines is 1. The third-order valence-electron chi connectivity index (χ3n) is 3.46. The van der Waals surface area contributed by atoms with Crippen molar-refractivity contribution < 1.29 is 22.4 Å². The van der Waals surface area contributed by atoms with Gasteiger partial charge >= 0.3 is 5.97 Å². The van der Waals surface area contributed by atoms with Crippen molar-refractivity contribution in [1.29, 1.82) is 0 Å². The molecule has 0 saturated heterocycles. The molecule has 1 aromatic heterocycles. The average Bonchev–Trinajstić information content (AvgIpc) is 2.84. The van der Waals surface area contributed by atoms with Crippen molar-refractivity contribution in [2.45, 2.75) is 27.2 Å². The van der Waals surface area contributed by atoms with Crippen molar-refractivity contribution in [3.63, 3.8) is 0 Å². The Morgan fingerprint density at radius 2 is 2.00 bits per heavy atom. The maximum Gasteiger partial charge on any atom is 0.342 e. The van der Waals surface area contributed by atoms with Crippen LogP contribution in [0.3, 0.4) is 0 Å². The standard InChI is InChI=1S/C15H19NO5S/c1-5-12-14(15(17)20-4)10-8-11(16-22(18,19)6-2)9(3)7-13(10)21-12/h7-8,16H,5-6H2,1-4H3. The lowest BCUT2D eigenvalue weighted by molar-refractivity contribution is 0.0600. The second-order valence-corrected chi connectivity index (χ2v) is 6.93. The molecule has 22 heavy (non-hydrogen) atoms. The summed E-state index contributed by atoms with van der Waals surface area (Å²) in [6.45, 7) is 5.21. The van der Waals surface area contributed by atoms with Crippen LogP contribution in [0.2, 0.25) is 0 Å².